The molecule has 2 rings (SSSR count). The highest BCUT2D eigenvalue weighted by atomic mass is 16.4. The number of likely N-dealkylation sites (tertiary alicyclic amines) is 1. The molecule has 0 aromatic rings. The first-order chi connectivity index (χ1) is 8.58. The molecule has 3 atom stereocenters. The Hall–Kier alpha value is -1.10. The minimum absolute atomic E-state index is 0.0554. The molecule has 18 heavy (non-hydrogen) atoms. The van der Waals surface area contributed by atoms with Gasteiger partial charge in [-0.1, -0.05) is 6.42 Å². The molecule has 1 amide bonds. The average Bonchev–Trinajstić information content (AvgIpc) is 2.77. The molecule has 1 saturated carbocycles. The first-order valence-electron chi connectivity index (χ1n) is 6.79. The molecule has 0 aromatic heterocycles. The van der Waals surface area contributed by atoms with E-state index in [4.69, 9.17) is 5.11 Å². The van der Waals surface area contributed by atoms with E-state index < -0.39 is 11.9 Å². The molecule has 3 unspecified atom stereocenters. The second kappa shape index (κ2) is 5.69. The number of likely N-dealkylation sites (N-methyl/N-ethyl adjacent to an activating group) is 1. The maximum atomic E-state index is 12.1. The summed E-state index contributed by atoms with van der Waals surface area (Å²) in [5.74, 6) is -1.69. The number of nitrogens with zero attached hydrogens (tertiary/aromatic N) is 1. The molecule has 1 aliphatic carbocycles. The van der Waals surface area contributed by atoms with Gasteiger partial charge >= 0.3 is 5.97 Å². The van der Waals surface area contributed by atoms with Gasteiger partial charge < -0.3 is 15.3 Å². The summed E-state index contributed by atoms with van der Waals surface area (Å²) in [7, 11) is 2.05. The van der Waals surface area contributed by atoms with Gasteiger partial charge in [-0.2, -0.15) is 0 Å². The second-order valence-electron chi connectivity index (χ2n) is 5.59. The summed E-state index contributed by atoms with van der Waals surface area (Å²) in [6.45, 7) is 1.95. The third-order valence-corrected chi connectivity index (χ3v) is 4.14. The Balaban J connectivity index is 1.89. The third kappa shape index (κ3) is 3.02. The zero-order valence-electron chi connectivity index (χ0n) is 10.9. The van der Waals surface area contributed by atoms with Crippen molar-refractivity contribution < 1.29 is 14.7 Å². The molecule has 1 heterocycles. The van der Waals surface area contributed by atoms with E-state index in [0.717, 1.165) is 32.4 Å². The van der Waals surface area contributed by atoms with Crippen LogP contribution in [0.3, 0.4) is 0 Å². The number of carboxylic acid groups (broad SMARTS) is 1. The van der Waals surface area contributed by atoms with Gasteiger partial charge in [0.15, 0.2) is 0 Å². The summed E-state index contributed by atoms with van der Waals surface area (Å²) < 4.78 is 0. The van der Waals surface area contributed by atoms with E-state index in [9.17, 15) is 9.59 Å². The quantitative estimate of drug-likeness (QED) is 0.778. The molecule has 0 aromatic carbocycles. The predicted octanol–water partition coefficient (Wildman–Crippen LogP) is 0.698. The fraction of sp³-hybridized carbons (Fsp3) is 0.846. The number of amides is 1. The van der Waals surface area contributed by atoms with Gasteiger partial charge in [0.1, 0.15) is 0 Å². The zero-order chi connectivity index (χ0) is 13.1. The van der Waals surface area contributed by atoms with E-state index in [0.29, 0.717) is 12.8 Å². The van der Waals surface area contributed by atoms with Crippen LogP contribution < -0.4 is 5.32 Å². The highest BCUT2D eigenvalue weighted by molar-refractivity contribution is 5.85. The second-order valence-corrected chi connectivity index (χ2v) is 5.59. The van der Waals surface area contributed by atoms with Crippen molar-refractivity contribution in [3.05, 3.63) is 0 Å². The monoisotopic (exact) mass is 254 g/mol. The van der Waals surface area contributed by atoms with Crippen LogP contribution in [0.2, 0.25) is 0 Å². The minimum atomic E-state index is -0.826. The highest BCUT2D eigenvalue weighted by Gasteiger charge is 2.38. The standard InChI is InChI=1S/C13H22N2O3/c1-15-7-3-4-9(8-15)14-12(16)10-5-2-6-11(10)13(17)18/h9-11H,2-8H2,1H3,(H,14,16)(H,17,18). The van der Waals surface area contributed by atoms with Gasteiger partial charge in [0.2, 0.25) is 5.91 Å². The molecule has 2 fully saturated rings. The molecule has 0 radical (unpaired) electrons. The van der Waals surface area contributed by atoms with Crippen molar-refractivity contribution >= 4 is 11.9 Å². The molecule has 102 valence electrons. The number of hydrogen-bond donors (Lipinski definition) is 2. The summed E-state index contributed by atoms with van der Waals surface area (Å²) in [4.78, 5) is 25.4. The number of rotatable bonds is 3. The lowest BCUT2D eigenvalue weighted by Gasteiger charge is -2.31. The molecule has 1 saturated heterocycles. The van der Waals surface area contributed by atoms with Gasteiger partial charge in [0.05, 0.1) is 11.8 Å². The van der Waals surface area contributed by atoms with Crippen LogP contribution in [-0.2, 0) is 9.59 Å². The fourth-order valence-electron chi connectivity index (χ4n) is 3.16. The number of carbonyl (C=O) groups excluding carboxylic acids is 1. The average molecular weight is 254 g/mol. The van der Waals surface area contributed by atoms with Gasteiger partial charge in [-0.05, 0) is 39.3 Å². The molecule has 5 nitrogen and oxygen atoms in total. The van der Waals surface area contributed by atoms with Crippen LogP contribution in [0.4, 0.5) is 0 Å². The smallest absolute Gasteiger partial charge is 0.307 e. The molecular weight excluding hydrogens is 232 g/mol. The topological polar surface area (TPSA) is 69.6 Å². The first-order valence-corrected chi connectivity index (χ1v) is 6.79. The van der Waals surface area contributed by atoms with Crippen molar-refractivity contribution in [1.29, 1.82) is 0 Å². The van der Waals surface area contributed by atoms with Gasteiger partial charge in [-0.15, -0.1) is 0 Å². The minimum Gasteiger partial charge on any atom is -0.481 e. The Bertz CT molecular complexity index is 332. The molecule has 2 N–H and O–H groups in total. The van der Waals surface area contributed by atoms with Crippen molar-refractivity contribution in [2.24, 2.45) is 11.8 Å². The lowest BCUT2D eigenvalue weighted by Crippen LogP contribution is -2.48. The number of piperidine rings is 1. The van der Waals surface area contributed by atoms with Crippen LogP contribution in [0.25, 0.3) is 0 Å². The molecule has 0 spiro atoms. The van der Waals surface area contributed by atoms with E-state index in [1.54, 1.807) is 0 Å². The molecule has 5 heteroatoms. The van der Waals surface area contributed by atoms with Crippen molar-refractivity contribution in [1.82, 2.24) is 10.2 Å². The number of carbonyl (C=O) groups is 2. The van der Waals surface area contributed by atoms with Crippen molar-refractivity contribution in [3.8, 4) is 0 Å². The van der Waals surface area contributed by atoms with Crippen LogP contribution in [0.15, 0.2) is 0 Å². The van der Waals surface area contributed by atoms with Crippen LogP contribution in [0.5, 0.6) is 0 Å². The molecule has 1 aliphatic heterocycles. The maximum absolute atomic E-state index is 12.1. The number of hydrogen-bond acceptors (Lipinski definition) is 3. The van der Waals surface area contributed by atoms with Crippen molar-refractivity contribution in [2.75, 3.05) is 20.1 Å². The van der Waals surface area contributed by atoms with Crippen molar-refractivity contribution in [2.45, 2.75) is 38.1 Å². The maximum Gasteiger partial charge on any atom is 0.307 e. The predicted molar refractivity (Wildman–Crippen MR) is 67.1 cm³/mol. The fourth-order valence-corrected chi connectivity index (χ4v) is 3.16. The first kappa shape index (κ1) is 13.3. The Morgan fingerprint density at radius 2 is 1.89 bits per heavy atom. The van der Waals surface area contributed by atoms with Gasteiger partial charge in [-0.3, -0.25) is 9.59 Å². The number of carboxylic acids is 1. The highest BCUT2D eigenvalue weighted by Crippen LogP contribution is 2.32. The van der Waals surface area contributed by atoms with E-state index in [2.05, 4.69) is 10.2 Å². The third-order valence-electron chi connectivity index (χ3n) is 4.14. The molecule has 0 bridgehead atoms. The van der Waals surface area contributed by atoms with E-state index in [1.165, 1.54) is 0 Å². The largest absolute Gasteiger partial charge is 0.481 e. The Kier molecular flexibility index (Phi) is 4.22. The Morgan fingerprint density at radius 1 is 1.17 bits per heavy atom. The van der Waals surface area contributed by atoms with E-state index >= 15 is 0 Å². The lowest BCUT2D eigenvalue weighted by atomic mass is 9.94. The number of aliphatic carboxylic acids is 1. The van der Waals surface area contributed by atoms with Crippen LogP contribution >= 0.6 is 0 Å². The Labute approximate surface area is 108 Å². The van der Waals surface area contributed by atoms with E-state index in [-0.39, 0.29) is 17.9 Å². The summed E-state index contributed by atoms with van der Waals surface area (Å²) in [6, 6.07) is 0.186. The molecular formula is C13H22N2O3. The van der Waals surface area contributed by atoms with E-state index in [1.807, 2.05) is 7.05 Å². The van der Waals surface area contributed by atoms with Gasteiger partial charge in [-0.25, -0.2) is 0 Å². The van der Waals surface area contributed by atoms with Crippen LogP contribution in [0, 0.1) is 11.8 Å². The normalized spacial score (nSPS) is 33.3. The SMILES string of the molecule is CN1CCCC(NC(=O)C2CCCC2C(=O)O)C1. The summed E-state index contributed by atoms with van der Waals surface area (Å²) >= 11 is 0. The lowest BCUT2D eigenvalue weighted by molar-refractivity contribution is -0.146. The Morgan fingerprint density at radius 3 is 2.56 bits per heavy atom. The zero-order valence-corrected chi connectivity index (χ0v) is 10.9. The number of nitrogens with one attached hydrogen (secondary N) is 1. The summed E-state index contributed by atoms with van der Waals surface area (Å²) in [5, 5.41) is 12.1. The van der Waals surface area contributed by atoms with Gasteiger partial charge in [0, 0.05) is 12.6 Å². The van der Waals surface area contributed by atoms with Crippen LogP contribution in [0.1, 0.15) is 32.1 Å². The summed E-state index contributed by atoms with van der Waals surface area (Å²) in [6.07, 6.45) is 4.29. The van der Waals surface area contributed by atoms with Crippen LogP contribution in [-0.4, -0.2) is 48.1 Å². The van der Waals surface area contributed by atoms with Crippen molar-refractivity contribution in [3.63, 3.8) is 0 Å². The summed E-state index contributed by atoms with van der Waals surface area (Å²) in [5.41, 5.74) is 0. The van der Waals surface area contributed by atoms with Gasteiger partial charge in [0.25, 0.3) is 0 Å². The molecule has 2 aliphatic rings.